The molecule has 2 aliphatic heterocycles. The van der Waals surface area contributed by atoms with Crippen LogP contribution in [0.15, 0.2) is 18.5 Å². The number of hydrogen-bond donors (Lipinski definition) is 1. The lowest BCUT2D eigenvalue weighted by Crippen LogP contribution is -2.59. The first kappa shape index (κ1) is 16.9. The Hall–Kier alpha value is -1.56. The smallest absolute Gasteiger partial charge is 0.317 e. The SMILES string of the molecule is CN1CCC2C(CCCN2C(=O)NC2CCCCC2n2cccn2)C1. The van der Waals surface area contributed by atoms with E-state index in [1.807, 2.05) is 23.1 Å². The number of rotatable bonds is 2. The third kappa shape index (κ3) is 3.54. The van der Waals surface area contributed by atoms with Gasteiger partial charge in [-0.3, -0.25) is 4.68 Å². The van der Waals surface area contributed by atoms with Crippen LogP contribution in [0.2, 0.25) is 0 Å². The Bertz CT molecular complexity index is 574. The summed E-state index contributed by atoms with van der Waals surface area (Å²) in [7, 11) is 2.20. The number of carbonyl (C=O) groups is 1. The van der Waals surface area contributed by atoms with E-state index in [2.05, 4.69) is 27.3 Å². The highest BCUT2D eigenvalue weighted by Crippen LogP contribution is 2.32. The van der Waals surface area contributed by atoms with E-state index < -0.39 is 0 Å². The fourth-order valence-corrected chi connectivity index (χ4v) is 5.15. The second-order valence-corrected chi connectivity index (χ2v) is 8.11. The first-order chi connectivity index (χ1) is 12.2. The van der Waals surface area contributed by atoms with Gasteiger partial charge in [0.2, 0.25) is 0 Å². The van der Waals surface area contributed by atoms with Gasteiger partial charge >= 0.3 is 6.03 Å². The molecule has 0 spiro atoms. The Labute approximate surface area is 150 Å². The molecule has 2 saturated heterocycles. The van der Waals surface area contributed by atoms with Crippen LogP contribution in [0.5, 0.6) is 0 Å². The molecule has 4 rings (SSSR count). The van der Waals surface area contributed by atoms with Gasteiger partial charge in [0.05, 0.1) is 12.1 Å². The molecule has 1 aromatic rings. The van der Waals surface area contributed by atoms with Crippen LogP contribution in [-0.2, 0) is 0 Å². The number of nitrogens with one attached hydrogen (secondary N) is 1. The van der Waals surface area contributed by atoms with Crippen molar-refractivity contribution in [1.29, 1.82) is 0 Å². The highest BCUT2D eigenvalue weighted by Gasteiger charge is 2.38. The first-order valence-corrected chi connectivity index (χ1v) is 9.97. The summed E-state index contributed by atoms with van der Waals surface area (Å²) in [4.78, 5) is 17.7. The molecule has 25 heavy (non-hydrogen) atoms. The van der Waals surface area contributed by atoms with E-state index in [0.29, 0.717) is 18.0 Å². The van der Waals surface area contributed by atoms with Crippen molar-refractivity contribution in [3.05, 3.63) is 18.5 Å². The molecule has 138 valence electrons. The maximum atomic E-state index is 13.1. The summed E-state index contributed by atoms with van der Waals surface area (Å²) < 4.78 is 2.04. The summed E-state index contributed by atoms with van der Waals surface area (Å²) in [6.07, 6.45) is 11.9. The molecule has 0 bridgehead atoms. The average molecular weight is 345 g/mol. The Morgan fingerprint density at radius 3 is 2.80 bits per heavy atom. The molecule has 3 heterocycles. The van der Waals surface area contributed by atoms with Crippen LogP contribution in [-0.4, -0.2) is 64.4 Å². The minimum atomic E-state index is 0.156. The molecule has 1 aromatic heterocycles. The van der Waals surface area contributed by atoms with Gasteiger partial charge < -0.3 is 15.1 Å². The van der Waals surface area contributed by atoms with Crippen molar-refractivity contribution in [2.45, 2.75) is 63.1 Å². The van der Waals surface area contributed by atoms with Crippen molar-refractivity contribution in [2.24, 2.45) is 5.92 Å². The van der Waals surface area contributed by atoms with E-state index in [-0.39, 0.29) is 12.1 Å². The van der Waals surface area contributed by atoms with Gasteiger partial charge in [-0.25, -0.2) is 4.79 Å². The molecule has 1 aliphatic carbocycles. The molecule has 1 N–H and O–H groups in total. The van der Waals surface area contributed by atoms with Crippen LogP contribution in [0.1, 0.15) is 51.0 Å². The van der Waals surface area contributed by atoms with Crippen molar-refractivity contribution in [3.8, 4) is 0 Å². The first-order valence-electron chi connectivity index (χ1n) is 9.97. The maximum Gasteiger partial charge on any atom is 0.317 e. The normalized spacial score (nSPS) is 33.7. The van der Waals surface area contributed by atoms with Crippen molar-refractivity contribution in [3.63, 3.8) is 0 Å². The number of hydrogen-bond acceptors (Lipinski definition) is 3. The lowest BCUT2D eigenvalue weighted by atomic mass is 9.84. The third-order valence-electron chi connectivity index (χ3n) is 6.44. The molecule has 2 amide bonds. The molecule has 6 nitrogen and oxygen atoms in total. The summed E-state index contributed by atoms with van der Waals surface area (Å²) in [5, 5.41) is 7.81. The number of amides is 2. The second kappa shape index (κ2) is 7.36. The van der Waals surface area contributed by atoms with Gasteiger partial charge in [-0.1, -0.05) is 12.8 Å². The predicted molar refractivity (Wildman–Crippen MR) is 97.4 cm³/mol. The average Bonchev–Trinajstić information content (AvgIpc) is 3.16. The monoisotopic (exact) mass is 345 g/mol. The summed E-state index contributed by atoms with van der Waals surface area (Å²) in [6, 6.07) is 3.06. The van der Waals surface area contributed by atoms with E-state index in [0.717, 1.165) is 45.3 Å². The van der Waals surface area contributed by atoms with Crippen molar-refractivity contribution >= 4 is 6.03 Å². The number of carbonyl (C=O) groups excluding carboxylic acids is 1. The van der Waals surface area contributed by atoms with E-state index in [1.165, 1.54) is 19.3 Å². The fraction of sp³-hybridized carbons (Fsp3) is 0.789. The van der Waals surface area contributed by atoms with E-state index in [1.54, 1.807) is 0 Å². The summed E-state index contributed by atoms with van der Waals surface area (Å²) in [6.45, 7) is 3.15. The van der Waals surface area contributed by atoms with Crippen LogP contribution >= 0.6 is 0 Å². The van der Waals surface area contributed by atoms with Gasteiger partial charge in [-0.15, -0.1) is 0 Å². The number of nitrogens with zero attached hydrogens (tertiary/aromatic N) is 4. The van der Waals surface area contributed by atoms with Gasteiger partial charge in [-0.05, 0) is 57.7 Å². The molecule has 3 aliphatic rings. The maximum absolute atomic E-state index is 13.1. The number of fused-ring (bicyclic) bond motifs is 1. The Kier molecular flexibility index (Phi) is 4.97. The second-order valence-electron chi connectivity index (χ2n) is 8.11. The molecule has 6 heteroatoms. The highest BCUT2D eigenvalue weighted by atomic mass is 16.2. The Morgan fingerprint density at radius 2 is 1.96 bits per heavy atom. The molecular formula is C19H31N5O. The zero-order chi connectivity index (χ0) is 17.2. The lowest BCUT2D eigenvalue weighted by molar-refractivity contribution is 0.0508. The van der Waals surface area contributed by atoms with Crippen LogP contribution in [0.4, 0.5) is 4.79 Å². The van der Waals surface area contributed by atoms with Gasteiger partial charge in [-0.2, -0.15) is 5.10 Å². The molecule has 0 aromatic carbocycles. The minimum Gasteiger partial charge on any atom is -0.333 e. The molecule has 3 fully saturated rings. The van der Waals surface area contributed by atoms with E-state index >= 15 is 0 Å². The van der Waals surface area contributed by atoms with Gasteiger partial charge in [0.1, 0.15) is 0 Å². The fourth-order valence-electron chi connectivity index (χ4n) is 5.15. The lowest BCUT2D eigenvalue weighted by Gasteiger charge is -2.47. The van der Waals surface area contributed by atoms with Crippen LogP contribution in [0, 0.1) is 5.92 Å². The van der Waals surface area contributed by atoms with Gasteiger partial charge in [0, 0.05) is 31.5 Å². The van der Waals surface area contributed by atoms with E-state index in [9.17, 15) is 4.79 Å². The standard InChI is InChI=1S/C19H31N5O/c1-22-13-9-17-15(14-22)6-4-11-23(17)19(25)21-16-7-2-3-8-18(16)24-12-5-10-20-24/h5,10,12,15-18H,2-4,6-9,11,13-14H2,1H3,(H,21,25). The number of urea groups is 1. The number of aromatic nitrogens is 2. The Balaban J connectivity index is 1.43. The van der Waals surface area contributed by atoms with Crippen molar-refractivity contribution in [2.75, 3.05) is 26.7 Å². The zero-order valence-electron chi connectivity index (χ0n) is 15.3. The van der Waals surface area contributed by atoms with Crippen LogP contribution in [0.25, 0.3) is 0 Å². The topological polar surface area (TPSA) is 53.4 Å². The summed E-state index contributed by atoms with van der Waals surface area (Å²) in [5.74, 6) is 0.645. The highest BCUT2D eigenvalue weighted by molar-refractivity contribution is 5.75. The molecule has 1 saturated carbocycles. The van der Waals surface area contributed by atoms with Crippen molar-refractivity contribution in [1.82, 2.24) is 24.9 Å². The van der Waals surface area contributed by atoms with Crippen LogP contribution in [0.3, 0.4) is 0 Å². The molecular weight excluding hydrogens is 314 g/mol. The zero-order valence-corrected chi connectivity index (χ0v) is 15.3. The molecule has 4 atom stereocenters. The van der Waals surface area contributed by atoms with Gasteiger partial charge in [0.25, 0.3) is 0 Å². The van der Waals surface area contributed by atoms with Crippen LogP contribution < -0.4 is 5.32 Å². The quantitative estimate of drug-likeness (QED) is 0.896. The molecule has 0 radical (unpaired) electrons. The summed E-state index contributed by atoms with van der Waals surface area (Å²) >= 11 is 0. The summed E-state index contributed by atoms with van der Waals surface area (Å²) in [5.41, 5.74) is 0. The van der Waals surface area contributed by atoms with E-state index in [4.69, 9.17) is 0 Å². The van der Waals surface area contributed by atoms with Gasteiger partial charge in [0.15, 0.2) is 0 Å². The molecule has 4 unspecified atom stereocenters. The number of likely N-dealkylation sites (tertiary alicyclic amines) is 2. The third-order valence-corrected chi connectivity index (χ3v) is 6.44. The van der Waals surface area contributed by atoms with Crippen molar-refractivity contribution < 1.29 is 4.79 Å². The number of piperidine rings is 2. The largest absolute Gasteiger partial charge is 0.333 e. The minimum absolute atomic E-state index is 0.156. The Morgan fingerprint density at radius 1 is 1.08 bits per heavy atom. The predicted octanol–water partition coefficient (Wildman–Crippen LogP) is 2.49.